The zero-order valence-corrected chi connectivity index (χ0v) is 8.89. The molecule has 1 aromatic rings. The van der Waals surface area contributed by atoms with Crippen LogP contribution in [0.5, 0.6) is 0 Å². The van der Waals surface area contributed by atoms with Crippen LogP contribution in [0, 0.1) is 0 Å². The van der Waals surface area contributed by atoms with Crippen molar-refractivity contribution in [2.75, 3.05) is 0 Å². The van der Waals surface area contributed by atoms with Crippen molar-refractivity contribution >= 4 is 38.8 Å². The van der Waals surface area contributed by atoms with Gasteiger partial charge in [0.2, 0.25) is 15.3 Å². The van der Waals surface area contributed by atoms with E-state index >= 15 is 0 Å². The molecule has 0 unspecified atom stereocenters. The highest BCUT2D eigenvalue weighted by Gasteiger charge is 2.20. The van der Waals surface area contributed by atoms with Crippen molar-refractivity contribution in [1.82, 2.24) is 0 Å². The van der Waals surface area contributed by atoms with Gasteiger partial charge in [0.25, 0.3) is 0 Å². The minimum atomic E-state index is -4.05. The summed E-state index contributed by atoms with van der Waals surface area (Å²) in [6.07, 6.45) is 0. The molecule has 78 valence electrons. The largest absolute Gasteiger partial charge is 0.248 e. The van der Waals surface area contributed by atoms with Crippen LogP contribution in [0.25, 0.3) is 5.83 Å². The molecule has 0 radical (unpaired) electrons. The van der Waals surface area contributed by atoms with Crippen molar-refractivity contribution in [3.63, 3.8) is 0 Å². The molecule has 0 atom stereocenters. The summed E-state index contributed by atoms with van der Waals surface area (Å²) in [5.74, 6) is -1.43. The third-order valence-corrected chi connectivity index (χ3v) is 3.88. The molecule has 0 aliphatic carbocycles. The van der Waals surface area contributed by atoms with Gasteiger partial charge in [-0.25, -0.2) is 17.9 Å². The third-order valence-electron chi connectivity index (χ3n) is 1.29. The maximum absolute atomic E-state index is 12.9. The Kier molecular flexibility index (Phi) is 3.25. The Balaban J connectivity index is 3.40. The Morgan fingerprint density at radius 1 is 1.50 bits per heavy atom. The zero-order chi connectivity index (χ0) is 10.9. The number of primary sulfonamides is 1. The summed E-state index contributed by atoms with van der Waals surface area (Å²) < 4.78 is 46.5. The molecule has 0 amide bonds. The summed E-state index contributed by atoms with van der Waals surface area (Å²) in [6.45, 7) is 0. The molecule has 0 aliphatic rings. The van der Waals surface area contributed by atoms with Crippen LogP contribution in [-0.4, -0.2) is 8.42 Å². The van der Waals surface area contributed by atoms with Gasteiger partial charge in [-0.1, -0.05) is 0 Å². The lowest BCUT2D eigenvalue weighted by atomic mass is 10.3. The van der Waals surface area contributed by atoms with E-state index in [1.165, 1.54) is 5.38 Å². The van der Waals surface area contributed by atoms with Gasteiger partial charge in [0, 0.05) is 5.56 Å². The smallest absolute Gasteiger partial charge is 0.224 e. The lowest BCUT2D eigenvalue weighted by Gasteiger charge is -1.97. The van der Waals surface area contributed by atoms with E-state index in [-0.39, 0.29) is 0 Å². The third kappa shape index (κ3) is 2.30. The lowest BCUT2D eigenvalue weighted by Crippen LogP contribution is -2.11. The molecule has 0 saturated carbocycles. The maximum atomic E-state index is 12.9. The van der Waals surface area contributed by atoms with Gasteiger partial charge in [-0.2, -0.15) is 4.39 Å². The SMILES string of the molecule is NS(=O)(=O)c1sccc1/C(F)=C(\F)Cl. The predicted octanol–water partition coefficient (Wildman–Crippen LogP) is 2.20. The molecule has 1 aromatic heterocycles. The van der Waals surface area contributed by atoms with Gasteiger partial charge >= 0.3 is 0 Å². The maximum Gasteiger partial charge on any atom is 0.248 e. The minimum Gasteiger partial charge on any atom is -0.224 e. The van der Waals surface area contributed by atoms with Gasteiger partial charge in [-0.05, 0) is 23.0 Å². The average Bonchev–Trinajstić information content (AvgIpc) is 2.48. The molecule has 0 saturated heterocycles. The fourth-order valence-corrected chi connectivity index (χ4v) is 2.66. The number of thiophene rings is 1. The van der Waals surface area contributed by atoms with E-state index in [2.05, 4.69) is 0 Å². The average molecular weight is 260 g/mol. The second-order valence-corrected chi connectivity index (χ2v) is 5.25. The summed E-state index contributed by atoms with van der Waals surface area (Å²) in [7, 11) is -4.05. The Morgan fingerprint density at radius 3 is 2.50 bits per heavy atom. The summed E-state index contributed by atoms with van der Waals surface area (Å²) in [4.78, 5) is 0. The Labute approximate surface area is 87.8 Å². The minimum absolute atomic E-state index is 0.453. The van der Waals surface area contributed by atoms with Crippen molar-refractivity contribution in [3.8, 4) is 0 Å². The van der Waals surface area contributed by atoms with Gasteiger partial charge in [-0.3, -0.25) is 0 Å². The van der Waals surface area contributed by atoms with E-state index in [1.807, 2.05) is 0 Å². The van der Waals surface area contributed by atoms with Gasteiger partial charge in [0.05, 0.1) is 0 Å². The highest BCUT2D eigenvalue weighted by atomic mass is 35.5. The highest BCUT2D eigenvalue weighted by Crippen LogP contribution is 2.32. The predicted molar refractivity (Wildman–Crippen MR) is 50.7 cm³/mol. The molecule has 8 heteroatoms. The first-order chi connectivity index (χ1) is 6.34. The topological polar surface area (TPSA) is 60.2 Å². The number of hydrogen-bond acceptors (Lipinski definition) is 3. The fraction of sp³-hybridized carbons (Fsp3) is 0. The van der Waals surface area contributed by atoms with Crippen LogP contribution >= 0.6 is 22.9 Å². The molecule has 0 fully saturated rings. The number of halogens is 3. The molecular formula is C6H4ClF2NO2S2. The standard InChI is InChI=1S/C6H4ClF2NO2S2/c7-5(9)4(8)3-1-2-13-6(3)14(10,11)12/h1-2H,(H2,10,11,12)/b5-4+. The molecule has 3 nitrogen and oxygen atoms in total. The summed E-state index contributed by atoms with van der Waals surface area (Å²) in [5.41, 5.74) is -0.454. The Hall–Kier alpha value is -0.500. The molecule has 0 aromatic carbocycles. The molecule has 0 bridgehead atoms. The monoisotopic (exact) mass is 259 g/mol. The van der Waals surface area contributed by atoms with Crippen molar-refractivity contribution in [2.24, 2.45) is 5.14 Å². The van der Waals surface area contributed by atoms with Crippen LogP contribution in [0.4, 0.5) is 8.78 Å². The number of rotatable bonds is 2. The van der Waals surface area contributed by atoms with E-state index in [4.69, 9.17) is 16.7 Å². The quantitative estimate of drug-likeness (QED) is 0.885. The van der Waals surface area contributed by atoms with Gasteiger partial charge in [0.15, 0.2) is 5.83 Å². The van der Waals surface area contributed by atoms with Crippen LogP contribution in [0.15, 0.2) is 20.9 Å². The van der Waals surface area contributed by atoms with Gasteiger partial charge in [-0.15, -0.1) is 11.3 Å². The Morgan fingerprint density at radius 2 is 2.07 bits per heavy atom. The normalized spacial score (nSPS) is 14.0. The zero-order valence-electron chi connectivity index (χ0n) is 6.50. The van der Waals surface area contributed by atoms with E-state index in [0.29, 0.717) is 11.3 Å². The summed E-state index contributed by atoms with van der Waals surface area (Å²) >= 11 is 5.44. The number of sulfonamides is 1. The molecule has 1 heterocycles. The first-order valence-corrected chi connectivity index (χ1v) is 5.96. The van der Waals surface area contributed by atoms with Crippen molar-refractivity contribution in [1.29, 1.82) is 0 Å². The number of nitrogens with two attached hydrogens (primary N) is 1. The molecule has 14 heavy (non-hydrogen) atoms. The Bertz CT molecular complexity index is 476. The van der Waals surface area contributed by atoms with E-state index in [9.17, 15) is 17.2 Å². The van der Waals surface area contributed by atoms with E-state index in [0.717, 1.165) is 6.07 Å². The van der Waals surface area contributed by atoms with Crippen LogP contribution in [0.2, 0.25) is 0 Å². The fourth-order valence-electron chi connectivity index (χ4n) is 0.780. The molecule has 0 aliphatic heterocycles. The molecular weight excluding hydrogens is 256 g/mol. The van der Waals surface area contributed by atoms with Crippen molar-refractivity contribution in [3.05, 3.63) is 22.3 Å². The van der Waals surface area contributed by atoms with Crippen LogP contribution < -0.4 is 5.14 Å². The van der Waals surface area contributed by atoms with Crippen LogP contribution in [0.1, 0.15) is 5.56 Å². The summed E-state index contributed by atoms with van der Waals surface area (Å²) in [6, 6.07) is 1.09. The second-order valence-electron chi connectivity index (χ2n) is 2.24. The van der Waals surface area contributed by atoms with Crippen LogP contribution in [-0.2, 0) is 10.0 Å². The van der Waals surface area contributed by atoms with E-state index in [1.54, 1.807) is 0 Å². The lowest BCUT2D eigenvalue weighted by molar-refractivity contribution is 0.598. The second kappa shape index (κ2) is 3.93. The number of hydrogen-bond donors (Lipinski definition) is 1. The van der Waals surface area contributed by atoms with Gasteiger partial charge < -0.3 is 0 Å². The van der Waals surface area contributed by atoms with Crippen molar-refractivity contribution < 1.29 is 17.2 Å². The highest BCUT2D eigenvalue weighted by molar-refractivity contribution is 7.91. The first-order valence-electron chi connectivity index (χ1n) is 3.15. The molecule has 0 spiro atoms. The summed E-state index contributed by atoms with van der Waals surface area (Å²) in [5, 5.41) is 4.44. The van der Waals surface area contributed by atoms with E-state index < -0.39 is 30.9 Å². The first kappa shape index (κ1) is 11.6. The molecule has 1 rings (SSSR count). The van der Waals surface area contributed by atoms with Crippen LogP contribution in [0.3, 0.4) is 0 Å². The molecule has 2 N–H and O–H groups in total. The van der Waals surface area contributed by atoms with Gasteiger partial charge in [0.1, 0.15) is 4.21 Å². The van der Waals surface area contributed by atoms with Crippen molar-refractivity contribution in [2.45, 2.75) is 4.21 Å².